The molecule has 1 aliphatic heterocycles. The minimum Gasteiger partial charge on any atom is -0.479 e. The monoisotopic (exact) mass is 270 g/mol. The molecule has 0 spiro atoms. The minimum absolute atomic E-state index is 0.101. The zero-order valence-corrected chi connectivity index (χ0v) is 11.0. The summed E-state index contributed by atoms with van der Waals surface area (Å²) in [5.74, 6) is 0.541. The van der Waals surface area contributed by atoms with Gasteiger partial charge in [0.25, 0.3) is 0 Å². The second kappa shape index (κ2) is 5.16. The van der Waals surface area contributed by atoms with Crippen molar-refractivity contribution in [3.05, 3.63) is 42.2 Å². The number of nitrogens with one attached hydrogen (secondary N) is 2. The molecule has 0 fully saturated rings. The summed E-state index contributed by atoms with van der Waals surface area (Å²) in [5.41, 5.74) is 1.44. The molecule has 1 amide bonds. The fourth-order valence-electron chi connectivity index (χ4n) is 2.23. The Balaban J connectivity index is 1.95. The Kier molecular flexibility index (Phi) is 3.20. The summed E-state index contributed by atoms with van der Waals surface area (Å²) >= 11 is 0. The third kappa shape index (κ3) is 2.16. The van der Waals surface area contributed by atoms with Gasteiger partial charge >= 0.3 is 0 Å². The van der Waals surface area contributed by atoms with Gasteiger partial charge in [0.1, 0.15) is 12.0 Å². The molecule has 6 heteroatoms. The summed E-state index contributed by atoms with van der Waals surface area (Å²) in [5, 5.41) is 6.00. The highest BCUT2D eigenvalue weighted by Gasteiger charge is 2.27. The second-order valence-electron chi connectivity index (χ2n) is 4.44. The van der Waals surface area contributed by atoms with Gasteiger partial charge in [-0.25, -0.2) is 4.98 Å². The van der Waals surface area contributed by atoms with Gasteiger partial charge in [0.2, 0.25) is 11.8 Å². The van der Waals surface area contributed by atoms with Gasteiger partial charge < -0.3 is 15.4 Å². The Hall–Kier alpha value is -2.63. The van der Waals surface area contributed by atoms with Crippen molar-refractivity contribution >= 4 is 17.4 Å². The van der Waals surface area contributed by atoms with Crippen LogP contribution >= 0.6 is 0 Å². The largest absolute Gasteiger partial charge is 0.479 e. The van der Waals surface area contributed by atoms with Crippen LogP contribution in [0.3, 0.4) is 0 Å². The Morgan fingerprint density at radius 1 is 1.25 bits per heavy atom. The van der Waals surface area contributed by atoms with Crippen molar-refractivity contribution in [2.75, 3.05) is 24.3 Å². The van der Waals surface area contributed by atoms with Crippen LogP contribution in [-0.2, 0) is 4.79 Å². The number of aromatic nitrogens is 2. The summed E-state index contributed by atoms with van der Waals surface area (Å²) in [6.07, 6.45) is 1.40. The quantitative estimate of drug-likeness (QED) is 0.867. The molecule has 1 aliphatic rings. The number of methoxy groups -OCH3 is 1. The third-order valence-corrected chi connectivity index (χ3v) is 3.25. The van der Waals surface area contributed by atoms with Gasteiger partial charge in [-0.05, 0) is 5.56 Å². The van der Waals surface area contributed by atoms with Crippen molar-refractivity contribution in [2.45, 2.75) is 5.92 Å². The molecule has 102 valence electrons. The van der Waals surface area contributed by atoms with Crippen molar-refractivity contribution in [3.8, 4) is 5.88 Å². The van der Waals surface area contributed by atoms with E-state index in [1.807, 2.05) is 30.3 Å². The molecule has 1 aromatic heterocycles. The Labute approximate surface area is 116 Å². The molecule has 0 saturated heterocycles. The summed E-state index contributed by atoms with van der Waals surface area (Å²) in [7, 11) is 1.51. The standard InChI is InChI=1S/C14H14N4O2/c1-20-14-11-12(16-8-17-14)15-7-10(13(19)18-11)9-5-3-2-4-6-9/h2-6,8,10H,7H2,1H3,(H,18,19)(H,15,16,17). The van der Waals surface area contributed by atoms with E-state index in [4.69, 9.17) is 4.74 Å². The van der Waals surface area contributed by atoms with Crippen LogP contribution in [0.1, 0.15) is 11.5 Å². The highest BCUT2D eigenvalue weighted by Crippen LogP contribution is 2.32. The number of carbonyl (C=O) groups excluding carboxylic acids is 1. The first-order chi connectivity index (χ1) is 9.79. The van der Waals surface area contributed by atoms with E-state index in [9.17, 15) is 4.79 Å². The number of rotatable bonds is 2. The van der Waals surface area contributed by atoms with Gasteiger partial charge in [-0.15, -0.1) is 0 Å². The van der Waals surface area contributed by atoms with Crippen LogP contribution in [0.5, 0.6) is 5.88 Å². The number of hydrogen-bond donors (Lipinski definition) is 2. The molecule has 6 nitrogen and oxygen atoms in total. The molecule has 2 heterocycles. The highest BCUT2D eigenvalue weighted by atomic mass is 16.5. The fourth-order valence-corrected chi connectivity index (χ4v) is 2.23. The van der Waals surface area contributed by atoms with Crippen LogP contribution in [0.15, 0.2) is 36.7 Å². The average Bonchev–Trinajstić information content (AvgIpc) is 2.66. The number of nitrogens with zero attached hydrogens (tertiary/aromatic N) is 2. The maximum atomic E-state index is 12.4. The molecule has 0 bridgehead atoms. The van der Waals surface area contributed by atoms with E-state index in [1.54, 1.807) is 0 Å². The summed E-state index contributed by atoms with van der Waals surface area (Å²) < 4.78 is 5.15. The Bertz CT molecular complexity index is 630. The maximum Gasteiger partial charge on any atom is 0.242 e. The first kappa shape index (κ1) is 12.4. The molecular weight excluding hydrogens is 256 g/mol. The lowest BCUT2D eigenvalue weighted by atomic mass is 9.98. The van der Waals surface area contributed by atoms with E-state index in [2.05, 4.69) is 20.6 Å². The van der Waals surface area contributed by atoms with Crippen molar-refractivity contribution < 1.29 is 9.53 Å². The average molecular weight is 270 g/mol. The molecule has 0 aliphatic carbocycles. The van der Waals surface area contributed by atoms with Crippen LogP contribution in [0, 0.1) is 0 Å². The first-order valence-electron chi connectivity index (χ1n) is 6.28. The van der Waals surface area contributed by atoms with Crippen LogP contribution in [0.2, 0.25) is 0 Å². The number of carbonyl (C=O) groups is 1. The SMILES string of the molecule is COc1ncnc2c1NC(=O)C(c1ccccc1)CN2. The van der Waals surface area contributed by atoms with Gasteiger partial charge in [-0.2, -0.15) is 4.98 Å². The van der Waals surface area contributed by atoms with Crippen LogP contribution in [0.4, 0.5) is 11.5 Å². The molecule has 3 rings (SSSR count). The van der Waals surface area contributed by atoms with Crippen molar-refractivity contribution in [1.82, 2.24) is 9.97 Å². The molecule has 2 aromatic rings. The van der Waals surface area contributed by atoms with Crippen LogP contribution in [-0.4, -0.2) is 29.5 Å². The zero-order valence-electron chi connectivity index (χ0n) is 11.0. The molecule has 2 N–H and O–H groups in total. The first-order valence-corrected chi connectivity index (χ1v) is 6.28. The predicted molar refractivity (Wildman–Crippen MR) is 74.9 cm³/mol. The van der Waals surface area contributed by atoms with Gasteiger partial charge in [0.05, 0.1) is 13.0 Å². The summed E-state index contributed by atoms with van der Waals surface area (Å²) in [6, 6.07) is 9.63. The minimum atomic E-state index is -0.282. The van der Waals surface area contributed by atoms with E-state index >= 15 is 0 Å². The lowest BCUT2D eigenvalue weighted by molar-refractivity contribution is -0.117. The summed E-state index contributed by atoms with van der Waals surface area (Å²) in [6.45, 7) is 0.475. The van der Waals surface area contributed by atoms with E-state index in [0.29, 0.717) is 23.9 Å². The Morgan fingerprint density at radius 2 is 2.05 bits per heavy atom. The third-order valence-electron chi connectivity index (χ3n) is 3.25. The fraction of sp³-hybridized carbons (Fsp3) is 0.214. The number of benzene rings is 1. The topological polar surface area (TPSA) is 76.1 Å². The molecule has 0 radical (unpaired) electrons. The molecule has 1 aromatic carbocycles. The maximum absolute atomic E-state index is 12.4. The number of hydrogen-bond acceptors (Lipinski definition) is 5. The molecule has 1 unspecified atom stereocenters. The number of anilines is 2. The van der Waals surface area contributed by atoms with Crippen LogP contribution < -0.4 is 15.4 Å². The predicted octanol–water partition coefficient (Wildman–Crippen LogP) is 1.63. The number of ether oxygens (including phenoxy) is 1. The number of amides is 1. The van der Waals surface area contributed by atoms with Gasteiger partial charge in [-0.1, -0.05) is 30.3 Å². The zero-order chi connectivity index (χ0) is 13.9. The van der Waals surface area contributed by atoms with E-state index < -0.39 is 0 Å². The summed E-state index contributed by atoms with van der Waals surface area (Å²) in [4.78, 5) is 20.5. The van der Waals surface area contributed by atoms with Gasteiger partial charge in [0.15, 0.2) is 5.82 Å². The molecule has 1 atom stereocenters. The molecule has 20 heavy (non-hydrogen) atoms. The van der Waals surface area contributed by atoms with Crippen molar-refractivity contribution in [2.24, 2.45) is 0 Å². The van der Waals surface area contributed by atoms with Gasteiger partial charge in [-0.3, -0.25) is 4.79 Å². The highest BCUT2D eigenvalue weighted by molar-refractivity contribution is 6.00. The molecular formula is C14H14N4O2. The van der Waals surface area contributed by atoms with Crippen LogP contribution in [0.25, 0.3) is 0 Å². The van der Waals surface area contributed by atoms with Crippen molar-refractivity contribution in [1.29, 1.82) is 0 Å². The lowest BCUT2D eigenvalue weighted by Gasteiger charge is -2.13. The number of fused-ring (bicyclic) bond motifs is 1. The lowest BCUT2D eigenvalue weighted by Crippen LogP contribution is -2.23. The van der Waals surface area contributed by atoms with E-state index in [0.717, 1.165) is 5.56 Å². The Morgan fingerprint density at radius 3 is 2.80 bits per heavy atom. The smallest absolute Gasteiger partial charge is 0.242 e. The van der Waals surface area contributed by atoms with Gasteiger partial charge in [0, 0.05) is 6.54 Å². The second-order valence-corrected chi connectivity index (χ2v) is 4.44. The normalized spacial score (nSPS) is 17.4. The van der Waals surface area contributed by atoms with E-state index in [1.165, 1.54) is 13.4 Å². The van der Waals surface area contributed by atoms with Crippen molar-refractivity contribution in [3.63, 3.8) is 0 Å². The molecule has 0 saturated carbocycles. The van der Waals surface area contributed by atoms with E-state index in [-0.39, 0.29) is 11.8 Å².